The maximum absolute atomic E-state index is 6.00. The molecule has 0 amide bonds. The Bertz CT molecular complexity index is 598. The highest BCUT2D eigenvalue weighted by molar-refractivity contribution is 6.62. The first-order valence-electron chi connectivity index (χ1n) is 6.43. The van der Waals surface area contributed by atoms with Crippen molar-refractivity contribution in [3.63, 3.8) is 0 Å². The monoisotopic (exact) mass is 273 g/mol. The van der Waals surface area contributed by atoms with Crippen LogP contribution < -0.4 is 5.46 Å². The molecule has 104 valence electrons. The van der Waals surface area contributed by atoms with E-state index in [1.165, 1.54) is 0 Å². The topological polar surface area (TPSA) is 85.8 Å². The fourth-order valence-corrected chi connectivity index (χ4v) is 1.97. The summed E-state index contributed by atoms with van der Waals surface area (Å²) < 4.78 is 12.0. The molecule has 8 heteroatoms. The smallest absolute Gasteiger partial charge is 0.399 e. The third-order valence-electron chi connectivity index (χ3n) is 3.89. The number of nitrogens with zero attached hydrogens (tertiary/aromatic N) is 4. The predicted molar refractivity (Wildman–Crippen MR) is 73.1 cm³/mol. The van der Waals surface area contributed by atoms with E-state index in [-0.39, 0.29) is 11.2 Å². The summed E-state index contributed by atoms with van der Waals surface area (Å²) in [5.41, 5.74) is 0.858. The van der Waals surface area contributed by atoms with Crippen LogP contribution in [0.5, 0.6) is 0 Å². The number of aromatic amines is 1. The Balaban J connectivity index is 1.91. The van der Waals surface area contributed by atoms with Gasteiger partial charge in [0.05, 0.1) is 11.2 Å². The van der Waals surface area contributed by atoms with E-state index in [0.29, 0.717) is 5.82 Å². The first-order chi connectivity index (χ1) is 9.39. The molecule has 0 unspecified atom stereocenters. The Labute approximate surface area is 117 Å². The zero-order chi connectivity index (χ0) is 14.4. The highest BCUT2D eigenvalue weighted by Gasteiger charge is 2.51. The molecule has 0 saturated carbocycles. The summed E-state index contributed by atoms with van der Waals surface area (Å²) in [6.07, 6.45) is 3.41. The van der Waals surface area contributed by atoms with E-state index in [1.807, 2.05) is 33.8 Å². The van der Waals surface area contributed by atoms with Gasteiger partial charge in [0.1, 0.15) is 0 Å². The summed E-state index contributed by atoms with van der Waals surface area (Å²) >= 11 is 0. The van der Waals surface area contributed by atoms with Crippen molar-refractivity contribution in [1.82, 2.24) is 25.6 Å². The minimum absolute atomic E-state index is 0.375. The minimum atomic E-state index is -0.445. The van der Waals surface area contributed by atoms with Gasteiger partial charge in [-0.1, -0.05) is 0 Å². The second kappa shape index (κ2) is 4.36. The molecule has 0 aliphatic carbocycles. The number of pyridine rings is 1. The molecule has 3 rings (SSSR count). The van der Waals surface area contributed by atoms with Gasteiger partial charge in [-0.2, -0.15) is 5.21 Å². The molecule has 0 radical (unpaired) electrons. The molecule has 1 N–H and O–H groups in total. The highest BCUT2D eigenvalue weighted by Crippen LogP contribution is 2.36. The molecule has 7 nitrogen and oxygen atoms in total. The van der Waals surface area contributed by atoms with Gasteiger partial charge in [-0.05, 0) is 39.0 Å². The van der Waals surface area contributed by atoms with Gasteiger partial charge in [-0.15, -0.1) is 10.2 Å². The number of hydrogen-bond donors (Lipinski definition) is 1. The molecule has 1 aliphatic rings. The highest BCUT2D eigenvalue weighted by atomic mass is 16.7. The van der Waals surface area contributed by atoms with Crippen LogP contribution in [0.1, 0.15) is 27.7 Å². The van der Waals surface area contributed by atoms with Crippen LogP contribution >= 0.6 is 0 Å². The zero-order valence-corrected chi connectivity index (χ0v) is 11.9. The number of H-pyrrole nitrogens is 1. The quantitative estimate of drug-likeness (QED) is 0.805. The standard InChI is InChI=1S/C12H16BN5O2/c1-11(2)12(3,4)20-13(19-11)9-5-8(6-14-7-9)10-15-17-18-16-10/h5-7H,1-4H3,(H,15,16,17,18). The van der Waals surface area contributed by atoms with Gasteiger partial charge in [0.15, 0.2) is 0 Å². The van der Waals surface area contributed by atoms with Crippen molar-refractivity contribution < 1.29 is 9.31 Å². The first kappa shape index (κ1) is 13.2. The summed E-state index contributed by atoms with van der Waals surface area (Å²) in [4.78, 5) is 4.20. The lowest BCUT2D eigenvalue weighted by atomic mass is 9.80. The Morgan fingerprint density at radius 2 is 1.80 bits per heavy atom. The summed E-state index contributed by atoms with van der Waals surface area (Å²) in [5, 5.41) is 13.9. The number of hydrogen-bond acceptors (Lipinski definition) is 6. The van der Waals surface area contributed by atoms with Crippen molar-refractivity contribution in [3.05, 3.63) is 18.5 Å². The van der Waals surface area contributed by atoms with Crippen molar-refractivity contribution in [2.75, 3.05) is 0 Å². The largest absolute Gasteiger partial charge is 0.496 e. The molecule has 2 aromatic rings. The molecule has 0 aromatic carbocycles. The lowest BCUT2D eigenvalue weighted by molar-refractivity contribution is 0.00578. The molecule has 0 atom stereocenters. The fraction of sp³-hybridized carbons (Fsp3) is 0.500. The van der Waals surface area contributed by atoms with Crippen molar-refractivity contribution in [2.24, 2.45) is 0 Å². The second-order valence-electron chi connectivity index (χ2n) is 5.83. The molecular formula is C12H16BN5O2. The maximum atomic E-state index is 6.00. The van der Waals surface area contributed by atoms with Gasteiger partial charge in [0.2, 0.25) is 5.82 Å². The summed E-state index contributed by atoms with van der Waals surface area (Å²) in [6, 6.07) is 1.90. The average molecular weight is 273 g/mol. The average Bonchev–Trinajstić information content (AvgIpc) is 2.97. The van der Waals surface area contributed by atoms with Gasteiger partial charge in [-0.25, -0.2) is 0 Å². The lowest BCUT2D eigenvalue weighted by Gasteiger charge is -2.32. The molecule has 0 spiro atoms. The molecule has 2 aromatic heterocycles. The lowest BCUT2D eigenvalue weighted by Crippen LogP contribution is -2.41. The molecule has 3 heterocycles. The number of aromatic nitrogens is 5. The van der Waals surface area contributed by atoms with Gasteiger partial charge in [0.25, 0.3) is 0 Å². The van der Waals surface area contributed by atoms with Crippen molar-refractivity contribution in [1.29, 1.82) is 0 Å². The van der Waals surface area contributed by atoms with E-state index in [2.05, 4.69) is 25.6 Å². The van der Waals surface area contributed by atoms with Gasteiger partial charge >= 0.3 is 7.12 Å². The van der Waals surface area contributed by atoms with E-state index in [4.69, 9.17) is 9.31 Å². The molecule has 1 fully saturated rings. The summed E-state index contributed by atoms with van der Waals surface area (Å²) in [6.45, 7) is 8.07. The van der Waals surface area contributed by atoms with Crippen molar-refractivity contribution in [2.45, 2.75) is 38.9 Å². The van der Waals surface area contributed by atoms with Gasteiger partial charge in [-0.3, -0.25) is 4.98 Å². The Morgan fingerprint density at radius 3 is 2.40 bits per heavy atom. The SMILES string of the molecule is CC1(C)OB(c2cncc(-c3nn[nH]n3)c2)OC1(C)C. The number of tetrazole rings is 1. The number of nitrogens with one attached hydrogen (secondary N) is 1. The van der Waals surface area contributed by atoms with Crippen LogP contribution in [0.3, 0.4) is 0 Å². The van der Waals surface area contributed by atoms with Crippen LogP contribution in [-0.4, -0.2) is 43.9 Å². The molecule has 0 bridgehead atoms. The van der Waals surface area contributed by atoms with Crippen LogP contribution in [0.15, 0.2) is 18.5 Å². The first-order valence-corrected chi connectivity index (χ1v) is 6.43. The third kappa shape index (κ3) is 2.10. The Hall–Kier alpha value is -1.80. The summed E-state index contributed by atoms with van der Waals surface area (Å²) in [5.74, 6) is 0.496. The van der Waals surface area contributed by atoms with Crippen LogP contribution in [0.4, 0.5) is 0 Å². The zero-order valence-electron chi connectivity index (χ0n) is 11.9. The van der Waals surface area contributed by atoms with E-state index in [0.717, 1.165) is 11.0 Å². The fourth-order valence-electron chi connectivity index (χ4n) is 1.97. The van der Waals surface area contributed by atoms with Crippen molar-refractivity contribution >= 4 is 12.6 Å². The van der Waals surface area contributed by atoms with Crippen LogP contribution in [0, 0.1) is 0 Å². The van der Waals surface area contributed by atoms with E-state index < -0.39 is 7.12 Å². The normalized spacial score (nSPS) is 20.3. The molecule has 1 saturated heterocycles. The Kier molecular flexibility index (Phi) is 2.88. The Morgan fingerprint density at radius 1 is 1.10 bits per heavy atom. The van der Waals surface area contributed by atoms with Crippen molar-refractivity contribution in [3.8, 4) is 11.4 Å². The van der Waals surface area contributed by atoms with E-state index in [1.54, 1.807) is 12.4 Å². The number of rotatable bonds is 2. The molecular weight excluding hydrogens is 257 g/mol. The third-order valence-corrected chi connectivity index (χ3v) is 3.89. The molecule has 20 heavy (non-hydrogen) atoms. The molecule has 1 aliphatic heterocycles. The van der Waals surface area contributed by atoms with E-state index in [9.17, 15) is 0 Å². The van der Waals surface area contributed by atoms with Gasteiger partial charge < -0.3 is 9.31 Å². The maximum Gasteiger partial charge on any atom is 0.496 e. The second-order valence-corrected chi connectivity index (χ2v) is 5.83. The van der Waals surface area contributed by atoms with Crippen LogP contribution in [0.2, 0.25) is 0 Å². The minimum Gasteiger partial charge on any atom is -0.399 e. The van der Waals surface area contributed by atoms with E-state index >= 15 is 0 Å². The van der Waals surface area contributed by atoms with Crippen LogP contribution in [-0.2, 0) is 9.31 Å². The van der Waals surface area contributed by atoms with Crippen LogP contribution in [0.25, 0.3) is 11.4 Å². The summed E-state index contributed by atoms with van der Waals surface area (Å²) in [7, 11) is -0.445. The van der Waals surface area contributed by atoms with Gasteiger partial charge in [0, 0.05) is 23.4 Å². The predicted octanol–water partition coefficient (Wildman–Crippen LogP) is 0.561.